The Balaban J connectivity index is 1.51. The summed E-state index contributed by atoms with van der Waals surface area (Å²) in [5, 5.41) is 19.4. The Labute approximate surface area is 185 Å². The number of benzene rings is 1. The van der Waals surface area contributed by atoms with E-state index in [1.807, 2.05) is 11.2 Å². The molecule has 1 saturated heterocycles. The van der Waals surface area contributed by atoms with Gasteiger partial charge in [-0.1, -0.05) is 0 Å². The van der Waals surface area contributed by atoms with Crippen LogP contribution in [0.2, 0.25) is 0 Å². The number of carbonyl (C=O) groups excluding carboxylic acids is 1. The van der Waals surface area contributed by atoms with Crippen LogP contribution in [-0.2, 0) is 6.18 Å². The second-order valence-corrected chi connectivity index (χ2v) is 8.40. The number of carbonyl (C=O) groups is 1. The molecule has 170 valence electrons. The van der Waals surface area contributed by atoms with E-state index in [0.717, 1.165) is 49.0 Å². The molecule has 0 bridgehead atoms. The highest BCUT2D eigenvalue weighted by molar-refractivity contribution is 7.13. The number of halogens is 3. The van der Waals surface area contributed by atoms with Gasteiger partial charge < -0.3 is 21.1 Å². The Morgan fingerprint density at radius 3 is 2.72 bits per heavy atom. The van der Waals surface area contributed by atoms with E-state index in [1.165, 1.54) is 5.38 Å². The second kappa shape index (κ2) is 8.79. The van der Waals surface area contributed by atoms with Gasteiger partial charge in [0.2, 0.25) is 0 Å². The summed E-state index contributed by atoms with van der Waals surface area (Å²) < 4.78 is 38.3. The predicted molar refractivity (Wildman–Crippen MR) is 116 cm³/mol. The van der Waals surface area contributed by atoms with Gasteiger partial charge >= 0.3 is 6.18 Å². The van der Waals surface area contributed by atoms with Crippen LogP contribution in [0, 0.1) is 5.92 Å². The van der Waals surface area contributed by atoms with Crippen molar-refractivity contribution in [1.29, 1.82) is 0 Å². The van der Waals surface area contributed by atoms with Crippen molar-refractivity contribution in [2.75, 3.05) is 35.6 Å². The molecule has 5 N–H and O–H groups in total. The number of alkyl halides is 3. The van der Waals surface area contributed by atoms with E-state index in [9.17, 15) is 23.1 Å². The van der Waals surface area contributed by atoms with Crippen LogP contribution < -0.4 is 16.0 Å². The number of hydrogen-bond donors (Lipinski definition) is 4. The van der Waals surface area contributed by atoms with Crippen LogP contribution in [0.3, 0.4) is 0 Å². The van der Waals surface area contributed by atoms with Crippen LogP contribution in [0.4, 0.5) is 30.2 Å². The quantitative estimate of drug-likeness (QED) is 0.427. The van der Waals surface area contributed by atoms with E-state index in [1.54, 1.807) is 12.1 Å². The van der Waals surface area contributed by atoms with Crippen molar-refractivity contribution in [3.05, 3.63) is 41.0 Å². The zero-order chi connectivity index (χ0) is 22.9. The lowest BCUT2D eigenvalue weighted by Gasteiger charge is -2.34. The smallest absolute Gasteiger partial charge is 0.399 e. The van der Waals surface area contributed by atoms with Crippen LogP contribution in [0.1, 0.15) is 29.0 Å². The molecule has 1 amide bonds. The average molecular weight is 466 g/mol. The van der Waals surface area contributed by atoms with Gasteiger partial charge in [0.05, 0.1) is 11.4 Å². The van der Waals surface area contributed by atoms with Gasteiger partial charge in [-0.05, 0) is 43.0 Å². The van der Waals surface area contributed by atoms with Gasteiger partial charge in [0, 0.05) is 30.8 Å². The van der Waals surface area contributed by atoms with Crippen LogP contribution in [0.15, 0.2) is 29.6 Å². The van der Waals surface area contributed by atoms with Gasteiger partial charge in [-0.15, -0.1) is 11.3 Å². The Morgan fingerprint density at radius 2 is 2.06 bits per heavy atom. The highest BCUT2D eigenvalue weighted by Gasteiger charge is 2.33. The summed E-state index contributed by atoms with van der Waals surface area (Å²) in [5.74, 6) is -0.234. The zero-order valence-electron chi connectivity index (χ0n) is 16.8. The number of aromatic amines is 1. The SMILES string of the molecule is Nc1ccc(N2CCC(CO)CC2)c(NC(=O)c2csc(-c3cc(C(F)(F)F)[nH]n3)n2)c1. The number of anilines is 3. The Morgan fingerprint density at radius 1 is 1.31 bits per heavy atom. The van der Waals surface area contributed by atoms with Gasteiger partial charge in [0.1, 0.15) is 22.1 Å². The minimum absolute atomic E-state index is 0.0118. The maximum absolute atomic E-state index is 12.8. The predicted octanol–water partition coefficient (Wildman–Crippen LogP) is 3.60. The number of amides is 1. The van der Waals surface area contributed by atoms with Crippen molar-refractivity contribution in [3.63, 3.8) is 0 Å². The summed E-state index contributed by atoms with van der Waals surface area (Å²) in [6.45, 7) is 1.63. The molecule has 3 aromatic rings. The molecule has 1 fully saturated rings. The molecule has 0 unspecified atom stereocenters. The molecule has 1 aliphatic heterocycles. The molecule has 2 aromatic heterocycles. The fraction of sp³-hybridized carbons (Fsp3) is 0.350. The summed E-state index contributed by atoms with van der Waals surface area (Å²) in [6.07, 6.45) is -2.86. The lowest BCUT2D eigenvalue weighted by atomic mass is 9.97. The van der Waals surface area contributed by atoms with Crippen LogP contribution in [-0.4, -0.2) is 45.9 Å². The topological polar surface area (TPSA) is 120 Å². The maximum atomic E-state index is 12.8. The van der Waals surface area contributed by atoms with Crippen molar-refractivity contribution >= 4 is 34.3 Å². The lowest BCUT2D eigenvalue weighted by Crippen LogP contribution is -2.35. The van der Waals surface area contributed by atoms with E-state index in [2.05, 4.69) is 20.3 Å². The number of aliphatic hydroxyl groups excluding tert-OH is 1. The van der Waals surface area contributed by atoms with Crippen molar-refractivity contribution < 1.29 is 23.1 Å². The first-order valence-corrected chi connectivity index (χ1v) is 10.8. The van der Waals surface area contributed by atoms with Crippen molar-refractivity contribution in [2.45, 2.75) is 19.0 Å². The number of nitrogens with two attached hydrogens (primary N) is 1. The second-order valence-electron chi connectivity index (χ2n) is 7.55. The van der Waals surface area contributed by atoms with Crippen LogP contribution in [0.5, 0.6) is 0 Å². The van der Waals surface area contributed by atoms with Gasteiger partial charge in [-0.3, -0.25) is 9.89 Å². The number of nitrogens with zero attached hydrogens (tertiary/aromatic N) is 3. The van der Waals surface area contributed by atoms with Crippen molar-refractivity contribution in [3.8, 4) is 10.7 Å². The molecule has 0 atom stereocenters. The number of piperidine rings is 1. The summed E-state index contributed by atoms with van der Waals surface area (Å²) in [5.41, 5.74) is 6.81. The maximum Gasteiger partial charge on any atom is 0.432 e. The third kappa shape index (κ3) is 4.70. The first kappa shape index (κ1) is 22.1. The van der Waals surface area contributed by atoms with E-state index < -0.39 is 17.8 Å². The zero-order valence-corrected chi connectivity index (χ0v) is 17.6. The fourth-order valence-corrected chi connectivity index (χ4v) is 4.30. The minimum Gasteiger partial charge on any atom is -0.399 e. The van der Waals surface area contributed by atoms with E-state index in [4.69, 9.17) is 5.73 Å². The summed E-state index contributed by atoms with van der Waals surface area (Å²) in [4.78, 5) is 19.1. The number of thiazole rings is 1. The highest BCUT2D eigenvalue weighted by Crippen LogP contribution is 2.33. The molecular weight excluding hydrogens is 445 g/mol. The molecule has 12 heteroatoms. The lowest BCUT2D eigenvalue weighted by molar-refractivity contribution is -0.141. The Bertz CT molecular complexity index is 1100. The number of hydrogen-bond acceptors (Lipinski definition) is 7. The number of nitrogen functional groups attached to an aromatic ring is 1. The highest BCUT2D eigenvalue weighted by atomic mass is 32.1. The normalized spacial score (nSPS) is 15.2. The van der Waals surface area contributed by atoms with Crippen LogP contribution in [0.25, 0.3) is 10.7 Å². The van der Waals surface area contributed by atoms with E-state index in [0.29, 0.717) is 11.4 Å². The third-order valence-electron chi connectivity index (χ3n) is 5.32. The van der Waals surface area contributed by atoms with Gasteiger partial charge in [0.15, 0.2) is 0 Å². The van der Waals surface area contributed by atoms with Crippen LogP contribution >= 0.6 is 11.3 Å². The number of aliphatic hydroxyl groups is 1. The van der Waals surface area contributed by atoms with Gasteiger partial charge in [0.25, 0.3) is 5.91 Å². The van der Waals surface area contributed by atoms with E-state index in [-0.39, 0.29) is 28.9 Å². The average Bonchev–Trinajstić information content (AvgIpc) is 3.44. The molecule has 0 spiro atoms. The molecule has 4 rings (SSSR count). The Kier molecular flexibility index (Phi) is 6.07. The molecule has 32 heavy (non-hydrogen) atoms. The molecule has 1 aromatic carbocycles. The van der Waals surface area contributed by atoms with Gasteiger partial charge in [-0.25, -0.2) is 4.98 Å². The molecule has 1 aliphatic rings. The molecule has 0 saturated carbocycles. The Hall–Kier alpha value is -3.12. The number of H-pyrrole nitrogens is 1. The largest absolute Gasteiger partial charge is 0.432 e. The van der Waals surface area contributed by atoms with Crippen molar-refractivity contribution in [1.82, 2.24) is 15.2 Å². The molecular formula is C20H21F3N6O2S. The standard InChI is InChI=1S/C20H21F3N6O2S/c21-20(22,23)17-8-14(27-28-17)19-26-15(10-32-19)18(31)25-13-7-12(24)1-2-16(13)29-5-3-11(9-30)4-6-29/h1-2,7-8,10-11,30H,3-6,9,24H2,(H,25,31)(H,27,28). The molecule has 3 heterocycles. The molecule has 0 aliphatic carbocycles. The van der Waals surface area contributed by atoms with Crippen molar-refractivity contribution in [2.24, 2.45) is 5.92 Å². The minimum atomic E-state index is -4.54. The summed E-state index contributed by atoms with van der Waals surface area (Å²) in [6, 6.07) is 6.09. The fourth-order valence-electron chi connectivity index (χ4n) is 3.54. The van der Waals surface area contributed by atoms with Gasteiger partial charge in [-0.2, -0.15) is 18.3 Å². The molecule has 0 radical (unpaired) electrons. The number of aromatic nitrogens is 3. The molecule has 8 nitrogen and oxygen atoms in total. The first-order chi connectivity index (χ1) is 15.2. The summed E-state index contributed by atoms with van der Waals surface area (Å²) in [7, 11) is 0. The van der Waals surface area contributed by atoms with E-state index >= 15 is 0 Å². The monoisotopic (exact) mass is 466 g/mol. The number of rotatable bonds is 5. The number of nitrogens with one attached hydrogen (secondary N) is 2. The first-order valence-electron chi connectivity index (χ1n) is 9.90. The third-order valence-corrected chi connectivity index (χ3v) is 6.19. The summed E-state index contributed by atoms with van der Waals surface area (Å²) >= 11 is 1.02.